The Hall–Kier alpha value is -12.3. The van der Waals surface area contributed by atoms with E-state index in [1.54, 1.807) is 22.3 Å². The van der Waals surface area contributed by atoms with Crippen LogP contribution in [-0.2, 0) is 10.8 Å². The minimum Gasteiger partial charge on any atom is -0.135 e. The molecule has 0 saturated heterocycles. The molecular formula is C116H86S. The molecule has 8 bridgehead atoms. The minimum absolute atomic E-state index is 0.159. The van der Waals surface area contributed by atoms with Gasteiger partial charge < -0.3 is 0 Å². The molecule has 8 saturated carbocycles. The van der Waals surface area contributed by atoms with Gasteiger partial charge in [-0.3, -0.25) is 0 Å². The first kappa shape index (κ1) is 67.0. The van der Waals surface area contributed by atoms with Crippen LogP contribution in [0.3, 0.4) is 0 Å². The molecule has 0 radical (unpaired) electrons. The van der Waals surface area contributed by atoms with Crippen LogP contribution in [0.2, 0.25) is 0 Å². The van der Waals surface area contributed by atoms with E-state index in [1.165, 1.54) is 249 Å². The van der Waals surface area contributed by atoms with Crippen molar-refractivity contribution in [3.63, 3.8) is 0 Å². The predicted molar refractivity (Wildman–Crippen MR) is 495 cm³/mol. The molecule has 1 heterocycles. The van der Waals surface area contributed by atoms with Crippen LogP contribution in [-0.4, -0.2) is 0 Å². The molecule has 1 aromatic heterocycles. The van der Waals surface area contributed by atoms with Crippen molar-refractivity contribution in [2.75, 3.05) is 0 Å². The topological polar surface area (TPSA) is 0 Å². The van der Waals surface area contributed by atoms with Crippen LogP contribution in [0, 0.1) is 47.3 Å². The first-order chi connectivity index (χ1) is 57.9. The molecule has 0 nitrogen and oxygen atoms in total. The highest BCUT2D eigenvalue weighted by atomic mass is 32.1. The lowest BCUT2D eigenvalue weighted by Crippen LogP contribution is -2.55. The van der Waals surface area contributed by atoms with Crippen LogP contribution in [0.1, 0.15) is 86.5 Å². The lowest BCUT2D eigenvalue weighted by atomic mass is 9.43. The third-order valence-corrected chi connectivity index (χ3v) is 32.0. The maximum absolute atomic E-state index is 2.66. The summed E-state index contributed by atoms with van der Waals surface area (Å²) in [6, 6.07) is 134. The largest absolute Gasteiger partial charge is 0.135 e. The van der Waals surface area contributed by atoms with Gasteiger partial charge in [0, 0.05) is 31.0 Å². The van der Waals surface area contributed by atoms with Crippen molar-refractivity contribution in [2.24, 2.45) is 47.3 Å². The van der Waals surface area contributed by atoms with Gasteiger partial charge in [0.15, 0.2) is 0 Å². The summed E-state index contributed by atoms with van der Waals surface area (Å²) in [6.07, 6.45) is 14.3. The van der Waals surface area contributed by atoms with Crippen molar-refractivity contribution >= 4 is 96.1 Å². The quantitative estimate of drug-likeness (QED) is 0.140. The van der Waals surface area contributed by atoms with Crippen LogP contribution < -0.4 is 0 Å². The Balaban J connectivity index is 0.000000128. The molecule has 1 heteroatoms. The van der Waals surface area contributed by atoms with Crippen molar-refractivity contribution in [1.82, 2.24) is 0 Å². The van der Waals surface area contributed by atoms with Gasteiger partial charge >= 0.3 is 0 Å². The van der Waals surface area contributed by atoms with E-state index in [0.29, 0.717) is 0 Å². The van der Waals surface area contributed by atoms with E-state index in [1.807, 2.05) is 11.3 Å². The number of fused-ring (bicyclic) bond motifs is 15. The molecule has 29 rings (SSSR count). The second-order valence-corrected chi connectivity index (χ2v) is 37.5. The smallest absolute Gasteiger partial charge is 0.0361 e. The first-order valence-electron chi connectivity index (χ1n) is 43.4. The molecule has 556 valence electrons. The molecule has 117 heavy (non-hydrogen) atoms. The second-order valence-electron chi connectivity index (χ2n) is 36.4. The Morgan fingerprint density at radius 1 is 0.179 bits per heavy atom. The Bertz CT molecular complexity index is 7230. The molecule has 10 aliphatic rings. The molecule has 19 aromatic rings. The lowest BCUT2D eigenvalue weighted by molar-refractivity contribution is -0.0399. The molecule has 18 aromatic carbocycles. The summed E-state index contributed by atoms with van der Waals surface area (Å²) in [6.45, 7) is 0. The Morgan fingerprint density at radius 2 is 0.504 bits per heavy atom. The molecule has 0 N–H and O–H groups in total. The van der Waals surface area contributed by atoms with E-state index in [0.717, 1.165) is 47.3 Å². The summed E-state index contributed by atoms with van der Waals surface area (Å²) >= 11 is 1.90. The van der Waals surface area contributed by atoms with Gasteiger partial charge in [0.25, 0.3) is 0 Å². The fraction of sp³-hybridized carbons (Fsp3) is 0.172. The van der Waals surface area contributed by atoms with Gasteiger partial charge in [0.05, 0.1) is 0 Å². The molecule has 0 amide bonds. The predicted octanol–water partition coefficient (Wildman–Crippen LogP) is 31.8. The van der Waals surface area contributed by atoms with E-state index in [9.17, 15) is 0 Å². The third-order valence-electron chi connectivity index (χ3n) is 30.9. The molecular weight excluding hydrogens is 1430 g/mol. The van der Waals surface area contributed by atoms with Gasteiger partial charge in [0.2, 0.25) is 0 Å². The van der Waals surface area contributed by atoms with Gasteiger partial charge in [-0.1, -0.05) is 322 Å². The maximum Gasteiger partial charge on any atom is 0.0361 e. The molecule has 2 spiro atoms. The first-order valence-corrected chi connectivity index (χ1v) is 44.2. The van der Waals surface area contributed by atoms with Gasteiger partial charge in [0.1, 0.15) is 0 Å². The highest BCUT2D eigenvalue weighted by molar-refractivity contribution is 7.25. The average molecular weight is 1510 g/mol. The summed E-state index contributed by atoms with van der Waals surface area (Å²) in [4.78, 5) is 0. The molecule has 10 aliphatic carbocycles. The number of rotatable bonds is 7. The standard InChI is InChI=1S/C58H42S.C58H44/c1-2-12-42-41(11-1)40(36-21-23-44-43-13-7-9-19-52(43)58(53(44)32-36)38-28-34-27-35(30-38)31-39(58)29-34)25-26-51(42)57-49-17-5-3-15-47(49)56(48-16-4-6-18-50(48)57)37-22-24-46-45-14-8-10-20-54(45)59-55(46)33-37;1-2-10-43-34-45(26-23-38(43)9-1)57-52-14-5-3-12-50(52)56(51-13-4-6-15-53(51)57)42-24-21-40(22-25-42)39-17-19-41(20-18-39)44-27-28-49-48-11-7-8-16-54(48)58(55(49)35-44)46-30-36-29-37(32-46)33-47(58)31-36/h1-26,32-35,38-39H,27-31H2;1-28,34-37,46-47H,29-33H2. The number of benzene rings is 18. The average Bonchev–Trinajstić information content (AvgIpc) is 1.55. The Labute approximate surface area is 687 Å². The van der Waals surface area contributed by atoms with Crippen molar-refractivity contribution in [1.29, 1.82) is 0 Å². The fourth-order valence-electron chi connectivity index (χ4n) is 26.8. The summed E-state index contributed by atoms with van der Waals surface area (Å²) in [5, 5.41) is 18.2. The van der Waals surface area contributed by atoms with Crippen molar-refractivity contribution < 1.29 is 0 Å². The van der Waals surface area contributed by atoms with Crippen LogP contribution in [0.5, 0.6) is 0 Å². The third kappa shape index (κ3) is 9.76. The highest BCUT2D eigenvalue weighted by Crippen LogP contribution is 2.72. The van der Waals surface area contributed by atoms with Crippen molar-refractivity contribution in [3.05, 3.63) is 374 Å². The van der Waals surface area contributed by atoms with E-state index < -0.39 is 0 Å². The van der Waals surface area contributed by atoms with Crippen molar-refractivity contribution in [3.8, 4) is 100 Å². The van der Waals surface area contributed by atoms with Gasteiger partial charge in [-0.05, 0) is 329 Å². The van der Waals surface area contributed by atoms with E-state index >= 15 is 0 Å². The Kier molecular flexibility index (Phi) is 14.7. The zero-order valence-electron chi connectivity index (χ0n) is 65.6. The van der Waals surface area contributed by atoms with Crippen LogP contribution in [0.25, 0.3) is 185 Å². The monoisotopic (exact) mass is 1510 g/mol. The van der Waals surface area contributed by atoms with Gasteiger partial charge in [-0.2, -0.15) is 0 Å². The molecule has 0 atom stereocenters. The number of hydrogen-bond acceptors (Lipinski definition) is 1. The summed E-state index contributed by atoms with van der Waals surface area (Å²) < 4.78 is 2.68. The number of hydrogen-bond donors (Lipinski definition) is 0. The molecule has 0 aliphatic heterocycles. The maximum atomic E-state index is 2.66. The lowest BCUT2D eigenvalue weighted by Gasteiger charge is -2.61. The van der Waals surface area contributed by atoms with Gasteiger partial charge in [-0.15, -0.1) is 11.3 Å². The van der Waals surface area contributed by atoms with E-state index in [2.05, 4.69) is 352 Å². The van der Waals surface area contributed by atoms with Crippen molar-refractivity contribution in [2.45, 2.75) is 75.0 Å². The van der Waals surface area contributed by atoms with Gasteiger partial charge in [-0.25, -0.2) is 0 Å². The summed E-state index contributed by atoms with van der Waals surface area (Å²) in [5.41, 5.74) is 31.0. The zero-order chi connectivity index (χ0) is 76.3. The zero-order valence-corrected chi connectivity index (χ0v) is 66.4. The molecule has 8 fully saturated rings. The Morgan fingerprint density at radius 3 is 1.02 bits per heavy atom. The van der Waals surface area contributed by atoms with E-state index in [4.69, 9.17) is 0 Å². The van der Waals surface area contributed by atoms with Crippen LogP contribution in [0.4, 0.5) is 0 Å². The highest BCUT2D eigenvalue weighted by Gasteiger charge is 2.63. The fourth-order valence-corrected chi connectivity index (χ4v) is 28.0. The number of thiophene rings is 1. The van der Waals surface area contributed by atoms with E-state index in [-0.39, 0.29) is 10.8 Å². The van der Waals surface area contributed by atoms with Crippen LogP contribution in [0.15, 0.2) is 352 Å². The SMILES string of the molecule is c1ccc2c(c1)-c1ccc(-c3ccc(-c4c5ccccc5c(-c5ccc6c(c5)sc5ccccc56)c5ccccc45)c4ccccc34)cc1C21C2CC3CC(C2)CC1C3.c1ccc2c(c1)-c1ccc(-c3ccc(-c4ccc(-c5c6ccccc6c(-c6ccc7ccccc7c6)c6ccccc56)cc4)cc3)cc1C21C2CC3CC(C2)CC1C3. The summed E-state index contributed by atoms with van der Waals surface area (Å²) in [5.74, 6) is 6.86. The minimum atomic E-state index is 0.159. The summed E-state index contributed by atoms with van der Waals surface area (Å²) in [7, 11) is 0. The molecule has 0 unspecified atom stereocenters. The second kappa shape index (κ2) is 25.6. The normalized spacial score (nSPS) is 22.6. The van der Waals surface area contributed by atoms with Crippen LogP contribution >= 0.6 is 11.3 Å².